The first-order valence-corrected chi connectivity index (χ1v) is 9.13. The lowest BCUT2D eigenvalue weighted by Crippen LogP contribution is -2.53. The fourth-order valence-corrected chi connectivity index (χ4v) is 3.17. The third kappa shape index (κ3) is 5.34. The number of amides is 2. The van der Waals surface area contributed by atoms with E-state index in [-0.39, 0.29) is 11.8 Å². The van der Waals surface area contributed by atoms with Crippen LogP contribution in [-0.2, 0) is 14.3 Å². The number of imide groups is 1. The largest absolute Gasteiger partial charge is 0.390 e. The molecule has 142 valence electrons. The molecule has 7 nitrogen and oxygen atoms in total. The summed E-state index contributed by atoms with van der Waals surface area (Å²) in [6.45, 7) is 9.43. The molecule has 2 fully saturated rings. The van der Waals surface area contributed by atoms with Crippen LogP contribution >= 0.6 is 0 Å². The second-order valence-electron chi connectivity index (χ2n) is 7.23. The van der Waals surface area contributed by atoms with E-state index in [2.05, 4.69) is 22.5 Å². The highest BCUT2D eigenvalue weighted by atomic mass is 16.5. The van der Waals surface area contributed by atoms with Gasteiger partial charge in [-0.1, -0.05) is 13.0 Å². The number of nitrogens with one attached hydrogen (secondary N) is 3. The normalized spacial score (nSPS) is 28.1. The van der Waals surface area contributed by atoms with Gasteiger partial charge in [0.25, 0.3) is 0 Å². The molecule has 2 amide bonds. The van der Waals surface area contributed by atoms with E-state index in [0.29, 0.717) is 37.6 Å². The molecular formula is C18H31N3O4. The Kier molecular flexibility index (Phi) is 7.13. The summed E-state index contributed by atoms with van der Waals surface area (Å²) >= 11 is 0. The first-order chi connectivity index (χ1) is 11.8. The van der Waals surface area contributed by atoms with Gasteiger partial charge >= 0.3 is 0 Å². The monoisotopic (exact) mass is 353 g/mol. The quantitative estimate of drug-likeness (QED) is 0.368. The van der Waals surface area contributed by atoms with Gasteiger partial charge in [0.05, 0.1) is 18.8 Å². The van der Waals surface area contributed by atoms with Gasteiger partial charge in [-0.3, -0.25) is 14.9 Å². The van der Waals surface area contributed by atoms with Gasteiger partial charge < -0.3 is 20.5 Å². The Bertz CT molecular complexity index is 503. The van der Waals surface area contributed by atoms with E-state index in [1.807, 2.05) is 6.92 Å². The summed E-state index contributed by atoms with van der Waals surface area (Å²) in [6.07, 6.45) is 3.50. The zero-order valence-electron chi connectivity index (χ0n) is 15.3. The molecule has 4 N–H and O–H groups in total. The SMILES string of the molecule is C=C(CNC1CCC(=O)NC1=O)C(C)(OC[C@H]1CCCCN1)C(C)O. The minimum atomic E-state index is -0.896. The standard InChI is InChI=1S/C18H31N3O4/c1-12(10-20-15-7-8-16(23)21-17(15)24)18(3,13(2)22)25-11-14-6-4-5-9-19-14/h13-15,19-20,22H,1,4-11H2,2-3H3,(H,21,23,24)/t13?,14-,15?,18?/m1/s1. The number of carbonyl (C=O) groups is 2. The fraction of sp³-hybridized carbons (Fsp3) is 0.778. The number of ether oxygens (including phenoxy) is 1. The van der Waals surface area contributed by atoms with Crippen LogP contribution in [-0.4, -0.2) is 60.4 Å². The van der Waals surface area contributed by atoms with E-state index >= 15 is 0 Å². The van der Waals surface area contributed by atoms with Crippen molar-refractivity contribution in [1.29, 1.82) is 0 Å². The average Bonchev–Trinajstić information content (AvgIpc) is 2.59. The van der Waals surface area contributed by atoms with E-state index in [9.17, 15) is 14.7 Å². The molecule has 2 aliphatic rings. The number of hydrogen-bond donors (Lipinski definition) is 4. The summed E-state index contributed by atoms with van der Waals surface area (Å²) in [5.74, 6) is -0.547. The summed E-state index contributed by atoms with van der Waals surface area (Å²) in [6, 6.07) is -0.129. The van der Waals surface area contributed by atoms with Crippen molar-refractivity contribution in [3.63, 3.8) is 0 Å². The van der Waals surface area contributed by atoms with Gasteiger partial charge in [0.15, 0.2) is 0 Å². The first-order valence-electron chi connectivity index (χ1n) is 9.13. The summed E-state index contributed by atoms with van der Waals surface area (Å²) < 4.78 is 6.07. The number of aliphatic hydroxyl groups excluding tert-OH is 1. The maximum absolute atomic E-state index is 11.8. The Labute approximate surface area is 149 Å². The Balaban J connectivity index is 1.87. The van der Waals surface area contributed by atoms with Crippen molar-refractivity contribution in [3.05, 3.63) is 12.2 Å². The molecule has 2 aliphatic heterocycles. The molecule has 0 spiro atoms. The number of aliphatic hydroxyl groups is 1. The molecule has 4 atom stereocenters. The van der Waals surface area contributed by atoms with Crippen molar-refractivity contribution in [2.75, 3.05) is 19.7 Å². The van der Waals surface area contributed by atoms with Crippen LogP contribution in [0.15, 0.2) is 12.2 Å². The number of rotatable bonds is 8. The van der Waals surface area contributed by atoms with Gasteiger partial charge in [0, 0.05) is 19.0 Å². The van der Waals surface area contributed by atoms with Crippen molar-refractivity contribution in [1.82, 2.24) is 16.0 Å². The molecule has 0 radical (unpaired) electrons. The molecule has 2 saturated heterocycles. The topological polar surface area (TPSA) is 99.7 Å². The van der Waals surface area contributed by atoms with Gasteiger partial charge in [0.2, 0.25) is 11.8 Å². The fourth-order valence-electron chi connectivity index (χ4n) is 3.17. The highest BCUT2D eigenvalue weighted by molar-refractivity contribution is 6.00. The maximum atomic E-state index is 11.8. The Morgan fingerprint density at radius 3 is 2.80 bits per heavy atom. The minimum absolute atomic E-state index is 0.237. The van der Waals surface area contributed by atoms with E-state index in [1.165, 1.54) is 12.8 Å². The summed E-state index contributed by atoms with van der Waals surface area (Å²) in [5, 5.41) is 19.1. The average molecular weight is 353 g/mol. The number of carbonyl (C=O) groups excluding carboxylic acids is 2. The molecular weight excluding hydrogens is 322 g/mol. The summed E-state index contributed by atoms with van der Waals surface area (Å²) in [5.41, 5.74) is -0.212. The molecule has 0 saturated carbocycles. The molecule has 0 aliphatic carbocycles. The molecule has 25 heavy (non-hydrogen) atoms. The Morgan fingerprint density at radius 1 is 1.44 bits per heavy atom. The van der Waals surface area contributed by atoms with Crippen LogP contribution in [0, 0.1) is 0 Å². The van der Waals surface area contributed by atoms with Crippen LogP contribution in [0.4, 0.5) is 0 Å². The first kappa shape index (κ1) is 20.0. The molecule has 0 aromatic carbocycles. The highest BCUT2D eigenvalue weighted by Gasteiger charge is 2.36. The van der Waals surface area contributed by atoms with Crippen LogP contribution < -0.4 is 16.0 Å². The summed E-state index contributed by atoms with van der Waals surface area (Å²) in [4.78, 5) is 23.0. The zero-order chi connectivity index (χ0) is 18.4. The van der Waals surface area contributed by atoms with Crippen LogP contribution in [0.1, 0.15) is 46.0 Å². The van der Waals surface area contributed by atoms with Gasteiger partial charge in [-0.2, -0.15) is 0 Å². The lowest BCUT2D eigenvalue weighted by Gasteiger charge is -2.37. The Morgan fingerprint density at radius 2 is 2.20 bits per heavy atom. The highest BCUT2D eigenvalue weighted by Crippen LogP contribution is 2.25. The molecule has 2 heterocycles. The van der Waals surface area contributed by atoms with E-state index < -0.39 is 17.7 Å². The smallest absolute Gasteiger partial charge is 0.243 e. The number of hydrogen-bond acceptors (Lipinski definition) is 6. The maximum Gasteiger partial charge on any atom is 0.243 e. The summed E-state index contributed by atoms with van der Waals surface area (Å²) in [7, 11) is 0. The van der Waals surface area contributed by atoms with Gasteiger partial charge in [-0.15, -0.1) is 0 Å². The second-order valence-corrected chi connectivity index (χ2v) is 7.23. The predicted octanol–water partition coefficient (Wildman–Crippen LogP) is 0.236. The third-order valence-electron chi connectivity index (χ3n) is 5.30. The van der Waals surface area contributed by atoms with Crippen LogP contribution in [0.2, 0.25) is 0 Å². The second kappa shape index (κ2) is 8.89. The van der Waals surface area contributed by atoms with Gasteiger partial charge in [-0.05, 0) is 45.2 Å². The van der Waals surface area contributed by atoms with Crippen molar-refractivity contribution in [2.24, 2.45) is 0 Å². The van der Waals surface area contributed by atoms with Crippen molar-refractivity contribution in [2.45, 2.75) is 69.7 Å². The van der Waals surface area contributed by atoms with E-state index in [1.54, 1.807) is 6.92 Å². The van der Waals surface area contributed by atoms with E-state index in [4.69, 9.17) is 4.74 Å². The molecule has 0 aromatic rings. The zero-order valence-corrected chi connectivity index (χ0v) is 15.3. The van der Waals surface area contributed by atoms with Gasteiger partial charge in [-0.25, -0.2) is 0 Å². The van der Waals surface area contributed by atoms with Crippen LogP contribution in [0.5, 0.6) is 0 Å². The molecule has 0 bridgehead atoms. The predicted molar refractivity (Wildman–Crippen MR) is 95.0 cm³/mol. The lowest BCUT2D eigenvalue weighted by molar-refractivity contribution is -0.134. The lowest BCUT2D eigenvalue weighted by atomic mass is 9.90. The molecule has 0 aromatic heterocycles. The Hall–Kier alpha value is -1.28. The van der Waals surface area contributed by atoms with Gasteiger partial charge in [0.1, 0.15) is 5.60 Å². The molecule has 2 rings (SSSR count). The van der Waals surface area contributed by atoms with Crippen molar-refractivity contribution in [3.8, 4) is 0 Å². The third-order valence-corrected chi connectivity index (χ3v) is 5.30. The number of piperidine rings is 2. The minimum Gasteiger partial charge on any atom is -0.390 e. The van der Waals surface area contributed by atoms with Crippen LogP contribution in [0.25, 0.3) is 0 Å². The van der Waals surface area contributed by atoms with E-state index in [0.717, 1.165) is 13.0 Å². The molecule has 3 unspecified atom stereocenters. The van der Waals surface area contributed by atoms with Crippen molar-refractivity contribution >= 4 is 11.8 Å². The van der Waals surface area contributed by atoms with Crippen molar-refractivity contribution < 1.29 is 19.4 Å². The van der Waals surface area contributed by atoms with Crippen LogP contribution in [0.3, 0.4) is 0 Å². The molecule has 7 heteroatoms.